The summed E-state index contributed by atoms with van der Waals surface area (Å²) in [7, 11) is 0. The molecule has 0 saturated heterocycles. The van der Waals surface area contributed by atoms with E-state index in [-0.39, 0.29) is 5.75 Å². The van der Waals surface area contributed by atoms with Gasteiger partial charge in [0.15, 0.2) is 0 Å². The summed E-state index contributed by atoms with van der Waals surface area (Å²) < 4.78 is 0. The number of hydrogen-bond acceptors (Lipinski definition) is 2. The van der Waals surface area contributed by atoms with Crippen molar-refractivity contribution in [3.8, 4) is 5.75 Å². The molecule has 0 unspecified atom stereocenters. The number of aryl methyl sites for hydroxylation is 1. The molecule has 0 aromatic heterocycles. The van der Waals surface area contributed by atoms with Crippen molar-refractivity contribution in [1.29, 1.82) is 0 Å². The number of hydrogen-bond donors (Lipinski definition) is 1. The van der Waals surface area contributed by atoms with Crippen molar-refractivity contribution >= 4 is 23.0 Å². The van der Waals surface area contributed by atoms with Crippen LogP contribution >= 0.6 is 11.6 Å². The molecular formula is C15H14ClNO. The molecular weight excluding hydrogens is 246 g/mol. The smallest absolute Gasteiger partial charge is 0.124 e. The van der Waals surface area contributed by atoms with E-state index in [2.05, 4.69) is 4.99 Å². The first kappa shape index (κ1) is 12.7. The Kier molecular flexibility index (Phi) is 3.68. The summed E-state index contributed by atoms with van der Waals surface area (Å²) in [6, 6.07) is 12.8. The zero-order chi connectivity index (χ0) is 13.1. The van der Waals surface area contributed by atoms with Crippen LogP contribution in [-0.4, -0.2) is 10.8 Å². The molecule has 0 atom stereocenters. The van der Waals surface area contributed by atoms with Crippen LogP contribution in [0.1, 0.15) is 18.1 Å². The second kappa shape index (κ2) is 5.23. The van der Waals surface area contributed by atoms with E-state index < -0.39 is 0 Å². The monoisotopic (exact) mass is 259 g/mol. The van der Waals surface area contributed by atoms with Crippen LogP contribution in [0.5, 0.6) is 5.75 Å². The predicted molar refractivity (Wildman–Crippen MR) is 76.2 cm³/mol. The van der Waals surface area contributed by atoms with Crippen LogP contribution in [0, 0.1) is 6.92 Å². The zero-order valence-corrected chi connectivity index (χ0v) is 11.1. The largest absolute Gasteiger partial charge is 0.507 e. The van der Waals surface area contributed by atoms with Crippen LogP contribution < -0.4 is 0 Å². The molecule has 0 radical (unpaired) electrons. The van der Waals surface area contributed by atoms with E-state index in [1.165, 1.54) is 0 Å². The van der Waals surface area contributed by atoms with Gasteiger partial charge in [-0.25, -0.2) is 0 Å². The second-order valence-electron chi connectivity index (χ2n) is 4.19. The molecule has 0 amide bonds. The minimum atomic E-state index is 0.246. The van der Waals surface area contributed by atoms with Gasteiger partial charge >= 0.3 is 0 Å². The van der Waals surface area contributed by atoms with Gasteiger partial charge in [-0.1, -0.05) is 23.2 Å². The lowest BCUT2D eigenvalue weighted by molar-refractivity contribution is 0.474. The maximum Gasteiger partial charge on any atom is 0.124 e. The summed E-state index contributed by atoms with van der Waals surface area (Å²) in [5, 5.41) is 10.5. The molecule has 0 heterocycles. The van der Waals surface area contributed by atoms with Crippen molar-refractivity contribution in [2.45, 2.75) is 13.8 Å². The highest BCUT2D eigenvalue weighted by Gasteiger charge is 2.04. The maximum absolute atomic E-state index is 9.83. The Bertz CT molecular complexity index is 588. The molecule has 2 aromatic rings. The molecule has 2 nitrogen and oxygen atoms in total. The number of aromatic hydroxyl groups is 1. The van der Waals surface area contributed by atoms with E-state index >= 15 is 0 Å². The average molecular weight is 260 g/mol. The number of phenols is 1. The molecule has 2 aromatic carbocycles. The van der Waals surface area contributed by atoms with Gasteiger partial charge in [0.1, 0.15) is 5.75 Å². The summed E-state index contributed by atoms with van der Waals surface area (Å²) in [6.45, 7) is 3.86. The van der Waals surface area contributed by atoms with Gasteiger partial charge in [-0.15, -0.1) is 0 Å². The molecule has 0 fully saturated rings. The fourth-order valence-corrected chi connectivity index (χ4v) is 1.84. The number of phenolic OH excluding ortho intramolecular Hbond substituents is 1. The molecule has 2 rings (SSSR count). The van der Waals surface area contributed by atoms with Crippen molar-refractivity contribution in [3.63, 3.8) is 0 Å². The van der Waals surface area contributed by atoms with Crippen molar-refractivity contribution in [1.82, 2.24) is 0 Å². The fraction of sp³-hybridized carbons (Fsp3) is 0.133. The quantitative estimate of drug-likeness (QED) is 0.792. The molecule has 0 aliphatic carbocycles. The first-order valence-corrected chi connectivity index (χ1v) is 6.05. The van der Waals surface area contributed by atoms with Gasteiger partial charge in [0.05, 0.1) is 5.69 Å². The van der Waals surface area contributed by atoms with Crippen LogP contribution in [0.4, 0.5) is 5.69 Å². The Morgan fingerprint density at radius 3 is 2.44 bits per heavy atom. The maximum atomic E-state index is 9.83. The van der Waals surface area contributed by atoms with E-state index in [4.69, 9.17) is 11.6 Å². The van der Waals surface area contributed by atoms with Crippen LogP contribution in [-0.2, 0) is 0 Å². The summed E-state index contributed by atoms with van der Waals surface area (Å²) in [4.78, 5) is 4.47. The second-order valence-corrected chi connectivity index (χ2v) is 4.63. The molecule has 0 spiro atoms. The Labute approximate surface area is 112 Å². The van der Waals surface area contributed by atoms with Gasteiger partial charge in [0, 0.05) is 16.3 Å². The van der Waals surface area contributed by atoms with Crippen LogP contribution in [0.25, 0.3) is 0 Å². The molecule has 0 aliphatic heterocycles. The van der Waals surface area contributed by atoms with Crippen molar-refractivity contribution in [2.24, 2.45) is 4.99 Å². The highest BCUT2D eigenvalue weighted by Crippen LogP contribution is 2.22. The Morgan fingerprint density at radius 2 is 1.78 bits per heavy atom. The average Bonchev–Trinajstić information content (AvgIpc) is 2.35. The van der Waals surface area contributed by atoms with E-state index in [0.29, 0.717) is 5.02 Å². The Hall–Kier alpha value is -1.80. The highest BCUT2D eigenvalue weighted by molar-refractivity contribution is 6.30. The molecule has 1 N–H and O–H groups in total. The summed E-state index contributed by atoms with van der Waals surface area (Å²) >= 11 is 5.82. The normalized spacial score (nSPS) is 11.6. The van der Waals surface area contributed by atoms with Crippen LogP contribution in [0.15, 0.2) is 47.5 Å². The third-order valence-electron chi connectivity index (χ3n) is 2.67. The Balaban J connectivity index is 2.38. The van der Waals surface area contributed by atoms with E-state index in [9.17, 15) is 5.11 Å². The molecule has 92 valence electrons. The lowest BCUT2D eigenvalue weighted by Crippen LogP contribution is -1.95. The molecule has 18 heavy (non-hydrogen) atoms. The SMILES string of the molecule is CC(=Nc1ccc(Cl)cc1)c1cc(C)ccc1O. The summed E-state index contributed by atoms with van der Waals surface area (Å²) in [5.41, 5.74) is 3.44. The molecule has 0 saturated carbocycles. The minimum absolute atomic E-state index is 0.246. The molecule has 0 aliphatic rings. The van der Waals surface area contributed by atoms with E-state index in [1.807, 2.05) is 38.1 Å². The van der Waals surface area contributed by atoms with Crippen molar-refractivity contribution in [3.05, 3.63) is 58.6 Å². The van der Waals surface area contributed by atoms with E-state index in [1.54, 1.807) is 18.2 Å². The summed E-state index contributed by atoms with van der Waals surface area (Å²) in [6.07, 6.45) is 0. The van der Waals surface area contributed by atoms with Gasteiger partial charge in [-0.3, -0.25) is 4.99 Å². The Morgan fingerprint density at radius 1 is 1.11 bits per heavy atom. The zero-order valence-electron chi connectivity index (χ0n) is 10.3. The van der Waals surface area contributed by atoms with Crippen LogP contribution in [0.3, 0.4) is 0 Å². The number of nitrogens with zero attached hydrogens (tertiary/aromatic N) is 1. The third-order valence-corrected chi connectivity index (χ3v) is 2.92. The first-order valence-electron chi connectivity index (χ1n) is 5.67. The number of aliphatic imine (C=N–C) groups is 1. The van der Waals surface area contributed by atoms with Crippen molar-refractivity contribution < 1.29 is 5.11 Å². The number of halogens is 1. The predicted octanol–water partition coefficient (Wildman–Crippen LogP) is 4.49. The first-order chi connectivity index (χ1) is 8.56. The third kappa shape index (κ3) is 2.90. The minimum Gasteiger partial charge on any atom is -0.507 e. The molecule has 0 bridgehead atoms. The number of rotatable bonds is 2. The van der Waals surface area contributed by atoms with Gasteiger partial charge < -0.3 is 5.11 Å². The van der Waals surface area contributed by atoms with Gasteiger partial charge in [0.2, 0.25) is 0 Å². The lowest BCUT2D eigenvalue weighted by Gasteiger charge is -2.05. The highest BCUT2D eigenvalue weighted by atomic mass is 35.5. The van der Waals surface area contributed by atoms with Crippen molar-refractivity contribution in [2.75, 3.05) is 0 Å². The fourth-order valence-electron chi connectivity index (χ4n) is 1.71. The standard InChI is InChI=1S/C15H14ClNO/c1-10-3-8-15(18)14(9-10)11(2)17-13-6-4-12(16)5-7-13/h3-9,18H,1-2H3. The van der Waals surface area contributed by atoms with Gasteiger partial charge in [-0.2, -0.15) is 0 Å². The lowest BCUT2D eigenvalue weighted by atomic mass is 10.1. The summed E-state index contributed by atoms with van der Waals surface area (Å²) in [5.74, 6) is 0.246. The molecule has 3 heteroatoms. The topological polar surface area (TPSA) is 32.6 Å². The van der Waals surface area contributed by atoms with Gasteiger partial charge in [0.25, 0.3) is 0 Å². The van der Waals surface area contributed by atoms with E-state index in [0.717, 1.165) is 22.5 Å². The number of benzene rings is 2. The van der Waals surface area contributed by atoms with Gasteiger partial charge in [-0.05, 0) is 50.2 Å². The van der Waals surface area contributed by atoms with Crippen LogP contribution in [0.2, 0.25) is 5.02 Å².